The molecule has 3 aromatic heterocycles. The van der Waals surface area contributed by atoms with Gasteiger partial charge in [-0.3, -0.25) is 15.1 Å². The molecule has 2 N–H and O–H groups in total. The molecule has 0 spiro atoms. The third kappa shape index (κ3) is 3.47. The van der Waals surface area contributed by atoms with Gasteiger partial charge in [0, 0.05) is 28.3 Å². The number of furan rings is 1. The number of carbonyl (C=O) groups is 1. The maximum atomic E-state index is 13.5. The number of nitrogens with one attached hydrogen (secondary N) is 2. The van der Waals surface area contributed by atoms with E-state index in [0.29, 0.717) is 5.69 Å². The molecular weight excluding hydrogens is 434 g/mol. The van der Waals surface area contributed by atoms with Gasteiger partial charge in [-0.15, -0.1) is 11.3 Å². The van der Waals surface area contributed by atoms with Gasteiger partial charge in [0.15, 0.2) is 5.96 Å². The third-order valence-electron chi connectivity index (χ3n) is 6.01. The Kier molecular flexibility index (Phi) is 4.99. The van der Waals surface area contributed by atoms with Crippen molar-refractivity contribution in [2.45, 2.75) is 25.3 Å². The zero-order valence-electron chi connectivity index (χ0n) is 18.3. The second-order valence-electron chi connectivity index (χ2n) is 8.09. The lowest BCUT2D eigenvalue weighted by Crippen LogP contribution is -2.62. The molecule has 1 unspecified atom stereocenters. The number of thiophene rings is 1. The molecule has 0 saturated carbocycles. The quantitative estimate of drug-likeness (QED) is 0.449. The molecule has 2 atom stereocenters. The van der Waals surface area contributed by atoms with Crippen LogP contribution < -0.4 is 5.32 Å². The van der Waals surface area contributed by atoms with Crippen molar-refractivity contribution in [3.63, 3.8) is 0 Å². The van der Waals surface area contributed by atoms with E-state index in [9.17, 15) is 4.79 Å². The van der Waals surface area contributed by atoms with Crippen LogP contribution in [0.4, 0.5) is 0 Å². The van der Waals surface area contributed by atoms with Crippen LogP contribution in [0.5, 0.6) is 0 Å². The normalized spacial score (nSPS) is 20.5. The van der Waals surface area contributed by atoms with Crippen molar-refractivity contribution >= 4 is 34.2 Å². The molecule has 1 fully saturated rings. The van der Waals surface area contributed by atoms with E-state index >= 15 is 0 Å². The summed E-state index contributed by atoms with van der Waals surface area (Å²) in [5, 5.41) is 14.6. The summed E-state index contributed by atoms with van der Waals surface area (Å²) in [5.74, 6) is 5.21. The topological polar surface area (TPSA) is 95.1 Å². The van der Waals surface area contributed by atoms with E-state index in [2.05, 4.69) is 27.1 Å². The van der Waals surface area contributed by atoms with Gasteiger partial charge in [-0.1, -0.05) is 12.0 Å². The first-order valence-corrected chi connectivity index (χ1v) is 11.2. The Morgan fingerprint density at radius 1 is 1.24 bits per heavy atom. The van der Waals surface area contributed by atoms with Crippen LogP contribution >= 0.6 is 11.3 Å². The summed E-state index contributed by atoms with van der Waals surface area (Å²) >= 11 is 1.53. The zero-order valence-corrected chi connectivity index (χ0v) is 19.2. The predicted molar refractivity (Wildman–Crippen MR) is 128 cm³/mol. The Bertz CT molecular complexity index is 1460. The highest BCUT2D eigenvalue weighted by atomic mass is 32.1. The minimum atomic E-state index is -0.819. The summed E-state index contributed by atoms with van der Waals surface area (Å²) in [5.41, 5.74) is 3.15. The predicted octanol–water partition coefficient (Wildman–Crippen LogP) is 4.32. The summed E-state index contributed by atoms with van der Waals surface area (Å²) < 4.78 is 5.48. The van der Waals surface area contributed by atoms with Crippen LogP contribution in [0.3, 0.4) is 0 Å². The van der Waals surface area contributed by atoms with Crippen LogP contribution in [0.2, 0.25) is 0 Å². The van der Waals surface area contributed by atoms with Crippen molar-refractivity contribution in [3.05, 3.63) is 70.5 Å². The highest BCUT2D eigenvalue weighted by Gasteiger charge is 2.49. The van der Waals surface area contributed by atoms with E-state index in [0.717, 1.165) is 32.7 Å². The summed E-state index contributed by atoms with van der Waals surface area (Å²) in [6, 6.07) is 11.6. The summed E-state index contributed by atoms with van der Waals surface area (Å²) in [7, 11) is 1.62. The maximum absolute atomic E-state index is 13.5. The summed E-state index contributed by atoms with van der Waals surface area (Å²) in [6.45, 7) is 3.74. The molecule has 4 aromatic rings. The molecule has 0 bridgehead atoms. The van der Waals surface area contributed by atoms with Crippen molar-refractivity contribution in [1.29, 1.82) is 5.41 Å². The Labute approximate surface area is 195 Å². The van der Waals surface area contributed by atoms with Gasteiger partial charge >= 0.3 is 0 Å². The number of guanidine groups is 1. The van der Waals surface area contributed by atoms with E-state index < -0.39 is 11.5 Å². The fraction of sp³-hybridized carbons (Fsp3) is 0.200. The molecule has 4 heterocycles. The van der Waals surface area contributed by atoms with Gasteiger partial charge in [-0.05, 0) is 55.7 Å². The average molecular weight is 456 g/mol. The van der Waals surface area contributed by atoms with Gasteiger partial charge in [0.1, 0.15) is 17.6 Å². The molecule has 164 valence electrons. The van der Waals surface area contributed by atoms with Crippen LogP contribution in [-0.4, -0.2) is 33.8 Å². The summed E-state index contributed by atoms with van der Waals surface area (Å²) in [4.78, 5) is 24.4. The van der Waals surface area contributed by atoms with Crippen molar-refractivity contribution in [2.75, 3.05) is 7.05 Å². The van der Waals surface area contributed by atoms with Gasteiger partial charge < -0.3 is 9.73 Å². The largest absolute Gasteiger partial charge is 0.464 e. The maximum Gasteiger partial charge on any atom is 0.239 e. The molecule has 1 aliphatic rings. The van der Waals surface area contributed by atoms with Gasteiger partial charge in [0.25, 0.3) is 0 Å². The minimum Gasteiger partial charge on any atom is -0.464 e. The highest BCUT2D eigenvalue weighted by molar-refractivity contribution is 7.10. The molecule has 7 nitrogen and oxygen atoms in total. The highest BCUT2D eigenvalue weighted by Crippen LogP contribution is 2.44. The second kappa shape index (κ2) is 7.87. The number of likely N-dealkylation sites (N-methyl/N-ethyl adjacent to an activating group) is 1. The Morgan fingerprint density at radius 2 is 2.09 bits per heavy atom. The van der Waals surface area contributed by atoms with Crippen LogP contribution in [-0.2, 0) is 10.3 Å². The number of carbonyl (C=O) groups excluding carboxylic acids is 1. The van der Waals surface area contributed by atoms with E-state index in [1.165, 1.54) is 22.6 Å². The van der Waals surface area contributed by atoms with E-state index in [1.807, 2.05) is 48.7 Å². The Hall–Kier alpha value is -3.96. The fourth-order valence-corrected chi connectivity index (χ4v) is 5.30. The molecule has 8 heteroatoms. The average Bonchev–Trinajstić information content (AvgIpc) is 3.48. The van der Waals surface area contributed by atoms with Gasteiger partial charge in [-0.25, -0.2) is 9.97 Å². The van der Waals surface area contributed by atoms with Crippen LogP contribution in [0.15, 0.2) is 58.8 Å². The van der Waals surface area contributed by atoms with Crippen LogP contribution in [0.1, 0.15) is 35.9 Å². The first kappa shape index (κ1) is 20.9. The first-order chi connectivity index (χ1) is 15.9. The monoisotopic (exact) mass is 455 g/mol. The second-order valence-corrected chi connectivity index (χ2v) is 9.00. The Morgan fingerprint density at radius 3 is 2.91 bits per heavy atom. The Balaban J connectivity index is 1.61. The number of benzene rings is 1. The van der Waals surface area contributed by atoms with Crippen LogP contribution in [0, 0.1) is 17.3 Å². The number of amides is 1. The molecule has 0 aliphatic carbocycles. The molecule has 1 amide bonds. The SMILES string of the molecule is CC#Cc1cc(-c2csc([C@@]3(C)NC(=N)N(C)C(=O)C3c3ccc4occc4c3)c2)ncn1. The van der Waals surface area contributed by atoms with Crippen molar-refractivity contribution in [2.24, 2.45) is 0 Å². The van der Waals surface area contributed by atoms with E-state index in [-0.39, 0.29) is 11.9 Å². The minimum absolute atomic E-state index is 0.0700. The van der Waals surface area contributed by atoms with Crippen LogP contribution in [0.25, 0.3) is 22.2 Å². The van der Waals surface area contributed by atoms with E-state index in [4.69, 9.17) is 9.83 Å². The number of aromatic nitrogens is 2. The molecule has 1 saturated heterocycles. The number of nitrogens with zero attached hydrogens (tertiary/aromatic N) is 3. The molecular formula is C25H21N5O2S. The summed E-state index contributed by atoms with van der Waals surface area (Å²) in [6.07, 6.45) is 3.14. The lowest BCUT2D eigenvalue weighted by molar-refractivity contribution is -0.131. The van der Waals surface area contributed by atoms with Gasteiger partial charge in [0.2, 0.25) is 5.91 Å². The van der Waals surface area contributed by atoms with Gasteiger partial charge in [0.05, 0.1) is 23.4 Å². The fourth-order valence-electron chi connectivity index (χ4n) is 4.25. The van der Waals surface area contributed by atoms with Crippen molar-refractivity contribution in [3.8, 4) is 23.1 Å². The molecule has 0 radical (unpaired) electrons. The number of fused-ring (bicyclic) bond motifs is 1. The van der Waals surface area contributed by atoms with Crippen molar-refractivity contribution < 1.29 is 9.21 Å². The lowest BCUT2D eigenvalue weighted by atomic mass is 9.76. The van der Waals surface area contributed by atoms with Gasteiger partial charge in [-0.2, -0.15) is 0 Å². The van der Waals surface area contributed by atoms with Crippen molar-refractivity contribution in [1.82, 2.24) is 20.2 Å². The first-order valence-electron chi connectivity index (χ1n) is 10.4. The number of rotatable bonds is 3. The zero-order chi connectivity index (χ0) is 23.2. The molecule has 33 heavy (non-hydrogen) atoms. The third-order valence-corrected chi connectivity index (χ3v) is 7.17. The molecule has 1 aliphatic heterocycles. The lowest BCUT2D eigenvalue weighted by Gasteiger charge is -2.45. The smallest absolute Gasteiger partial charge is 0.239 e. The van der Waals surface area contributed by atoms with E-state index in [1.54, 1.807) is 20.2 Å². The number of hydrogen-bond acceptors (Lipinski definition) is 6. The molecule has 5 rings (SSSR count). The standard InChI is InChI=1S/C25H21N5O2S/c1-4-5-18-12-19(28-14-27-18)17-11-21(33-13-17)25(2)22(23(31)30(3)24(26)29-25)16-6-7-20-15(10-16)8-9-32-20/h6-14,22H,1-3H3,(H2,26,29)/t22?,25-/m1/s1. The molecule has 1 aromatic carbocycles. The number of hydrogen-bond donors (Lipinski definition) is 2.